The van der Waals surface area contributed by atoms with E-state index in [1.54, 1.807) is 0 Å². The topological polar surface area (TPSA) is 114 Å². The highest BCUT2D eigenvalue weighted by atomic mass is 16.5. The number of fused-ring (bicyclic) bond motifs is 3. The van der Waals surface area contributed by atoms with Gasteiger partial charge in [0.05, 0.1) is 12.5 Å². The molecule has 8 nitrogen and oxygen atoms in total. The molecule has 1 saturated carbocycles. The first-order valence-electron chi connectivity index (χ1n) is 11.2. The first kappa shape index (κ1) is 22.8. The lowest BCUT2D eigenvalue weighted by Gasteiger charge is -2.15. The predicted molar refractivity (Wildman–Crippen MR) is 121 cm³/mol. The number of benzene rings is 2. The molecule has 0 aromatic heterocycles. The van der Waals surface area contributed by atoms with Crippen LogP contribution in [0.4, 0.5) is 4.79 Å². The van der Waals surface area contributed by atoms with E-state index < -0.39 is 18.0 Å². The Hall–Kier alpha value is -3.39. The maximum absolute atomic E-state index is 12.1. The quantitative estimate of drug-likeness (QED) is 0.504. The van der Waals surface area contributed by atoms with Crippen LogP contribution in [0.3, 0.4) is 0 Å². The van der Waals surface area contributed by atoms with Crippen LogP contribution < -0.4 is 10.6 Å². The van der Waals surface area contributed by atoms with Gasteiger partial charge < -0.3 is 25.2 Å². The van der Waals surface area contributed by atoms with Gasteiger partial charge in [0, 0.05) is 18.5 Å². The molecule has 3 N–H and O–H groups in total. The van der Waals surface area contributed by atoms with Crippen molar-refractivity contribution < 1.29 is 29.0 Å². The number of rotatable bonds is 9. The summed E-state index contributed by atoms with van der Waals surface area (Å²) in [4.78, 5) is 35.0. The molecule has 8 heteroatoms. The summed E-state index contributed by atoms with van der Waals surface area (Å²) < 4.78 is 10.8. The fraction of sp³-hybridized carbons (Fsp3) is 0.400. The van der Waals surface area contributed by atoms with Gasteiger partial charge in [-0.25, -0.2) is 4.79 Å². The van der Waals surface area contributed by atoms with Crippen molar-refractivity contribution in [2.75, 3.05) is 26.4 Å². The summed E-state index contributed by atoms with van der Waals surface area (Å²) in [5.41, 5.74) is 4.64. The van der Waals surface area contributed by atoms with Gasteiger partial charge in [0.15, 0.2) is 0 Å². The van der Waals surface area contributed by atoms with Crippen LogP contribution in [0.15, 0.2) is 48.5 Å². The van der Waals surface area contributed by atoms with Crippen LogP contribution >= 0.6 is 0 Å². The molecular formula is C25H28N2O6. The highest BCUT2D eigenvalue weighted by Crippen LogP contribution is 2.44. The van der Waals surface area contributed by atoms with Crippen LogP contribution in [0.5, 0.6) is 0 Å². The smallest absolute Gasteiger partial charge is 0.407 e. The number of hydrogen-bond donors (Lipinski definition) is 3. The SMILES string of the molecule is O=C(COCCNC(=O)OCC1c2ccccc2-c2ccccc21)N[C@@H]1CC[C@H](C(=O)O)C1. The fourth-order valence-electron chi connectivity index (χ4n) is 4.65. The van der Waals surface area contributed by atoms with Gasteiger partial charge >= 0.3 is 12.1 Å². The monoisotopic (exact) mass is 452 g/mol. The second kappa shape index (κ2) is 10.5. The molecule has 2 amide bonds. The standard InChI is InChI=1S/C25H28N2O6/c28-23(27-17-10-9-16(13-17)24(29)30)15-32-12-11-26-25(31)33-14-22-20-7-3-1-5-18(20)19-6-2-4-8-21(19)22/h1-8,16-17,22H,9-15H2,(H,26,31)(H,27,28)(H,29,30)/t16-,17+/m0/s1. The summed E-state index contributed by atoms with van der Waals surface area (Å²) in [5.74, 6) is -1.49. The second-order valence-corrected chi connectivity index (χ2v) is 8.42. The molecule has 0 aliphatic heterocycles. The zero-order valence-electron chi connectivity index (χ0n) is 18.3. The molecule has 2 aliphatic rings. The molecular weight excluding hydrogens is 424 g/mol. The Kier molecular flexibility index (Phi) is 7.24. The first-order chi connectivity index (χ1) is 16.0. The van der Waals surface area contributed by atoms with Crippen molar-refractivity contribution in [1.82, 2.24) is 10.6 Å². The fourth-order valence-corrected chi connectivity index (χ4v) is 4.65. The van der Waals surface area contributed by atoms with E-state index in [2.05, 4.69) is 34.9 Å². The highest BCUT2D eigenvalue weighted by molar-refractivity contribution is 5.79. The number of carbonyl (C=O) groups excluding carboxylic acids is 2. The van der Waals surface area contributed by atoms with Crippen LogP contribution in [-0.2, 0) is 19.1 Å². The number of carbonyl (C=O) groups is 3. The lowest BCUT2D eigenvalue weighted by Crippen LogP contribution is -2.36. The predicted octanol–water partition coefficient (Wildman–Crippen LogP) is 2.91. The summed E-state index contributed by atoms with van der Waals surface area (Å²) in [6.07, 6.45) is 1.15. The average Bonchev–Trinajstić information content (AvgIpc) is 3.40. The largest absolute Gasteiger partial charge is 0.481 e. The summed E-state index contributed by atoms with van der Waals surface area (Å²) in [7, 11) is 0. The van der Waals surface area contributed by atoms with Crippen LogP contribution in [0.25, 0.3) is 11.1 Å². The van der Waals surface area contributed by atoms with Crippen LogP contribution in [-0.4, -0.2) is 55.5 Å². The molecule has 0 saturated heterocycles. The van der Waals surface area contributed by atoms with Crippen LogP contribution in [0.2, 0.25) is 0 Å². The van der Waals surface area contributed by atoms with Gasteiger partial charge in [-0.1, -0.05) is 48.5 Å². The molecule has 2 atom stereocenters. The van der Waals surface area contributed by atoms with E-state index in [0.29, 0.717) is 19.3 Å². The molecule has 0 heterocycles. The lowest BCUT2D eigenvalue weighted by molar-refractivity contribution is -0.141. The number of carboxylic acid groups (broad SMARTS) is 1. The normalized spacial score (nSPS) is 18.9. The van der Waals surface area contributed by atoms with Crippen LogP contribution in [0, 0.1) is 5.92 Å². The molecule has 0 spiro atoms. The molecule has 0 bridgehead atoms. The van der Waals surface area contributed by atoms with E-state index in [9.17, 15) is 14.4 Å². The number of ether oxygens (including phenoxy) is 2. The third-order valence-corrected chi connectivity index (χ3v) is 6.24. The molecule has 2 aliphatic carbocycles. The molecule has 1 fully saturated rings. The molecule has 33 heavy (non-hydrogen) atoms. The molecule has 0 unspecified atom stereocenters. The summed E-state index contributed by atoms with van der Waals surface area (Å²) >= 11 is 0. The minimum Gasteiger partial charge on any atom is -0.481 e. The molecule has 2 aromatic carbocycles. The second-order valence-electron chi connectivity index (χ2n) is 8.42. The maximum Gasteiger partial charge on any atom is 0.407 e. The number of amides is 2. The van der Waals surface area contributed by atoms with E-state index in [1.165, 1.54) is 11.1 Å². The van der Waals surface area contributed by atoms with E-state index in [1.807, 2.05) is 24.3 Å². The van der Waals surface area contributed by atoms with Crippen molar-refractivity contribution in [3.63, 3.8) is 0 Å². The third-order valence-electron chi connectivity index (χ3n) is 6.24. The van der Waals surface area contributed by atoms with Gasteiger partial charge in [0.1, 0.15) is 13.2 Å². The highest BCUT2D eigenvalue weighted by Gasteiger charge is 2.31. The van der Waals surface area contributed by atoms with Gasteiger partial charge in [-0.2, -0.15) is 0 Å². The van der Waals surface area contributed by atoms with Gasteiger partial charge in [-0.3, -0.25) is 9.59 Å². The van der Waals surface area contributed by atoms with Crippen molar-refractivity contribution >= 4 is 18.0 Å². The number of aliphatic carboxylic acids is 1. The Bertz CT molecular complexity index is 978. The number of hydrogen-bond acceptors (Lipinski definition) is 5. The van der Waals surface area contributed by atoms with Crippen molar-refractivity contribution in [3.8, 4) is 11.1 Å². The molecule has 174 valence electrons. The molecule has 4 rings (SSSR count). The van der Waals surface area contributed by atoms with E-state index >= 15 is 0 Å². The van der Waals surface area contributed by atoms with E-state index in [0.717, 1.165) is 11.1 Å². The Morgan fingerprint density at radius 1 is 0.970 bits per heavy atom. The van der Waals surface area contributed by atoms with Crippen molar-refractivity contribution in [2.24, 2.45) is 5.92 Å². The summed E-state index contributed by atoms with van der Waals surface area (Å²) in [6.45, 7) is 0.483. The summed E-state index contributed by atoms with van der Waals surface area (Å²) in [5, 5.41) is 14.4. The third kappa shape index (κ3) is 5.51. The number of nitrogens with one attached hydrogen (secondary N) is 2. The average molecular weight is 453 g/mol. The number of carboxylic acids is 1. The van der Waals surface area contributed by atoms with E-state index in [-0.39, 0.29) is 44.2 Å². The van der Waals surface area contributed by atoms with Gasteiger partial charge in [0.2, 0.25) is 5.91 Å². The van der Waals surface area contributed by atoms with Crippen molar-refractivity contribution in [2.45, 2.75) is 31.2 Å². The van der Waals surface area contributed by atoms with E-state index in [4.69, 9.17) is 14.6 Å². The Morgan fingerprint density at radius 2 is 1.64 bits per heavy atom. The first-order valence-corrected chi connectivity index (χ1v) is 11.2. The number of alkyl carbamates (subject to hydrolysis) is 1. The van der Waals surface area contributed by atoms with Gasteiger partial charge in [-0.15, -0.1) is 0 Å². The summed E-state index contributed by atoms with van der Waals surface area (Å²) in [6, 6.07) is 16.2. The zero-order valence-corrected chi connectivity index (χ0v) is 18.3. The van der Waals surface area contributed by atoms with Gasteiger partial charge in [0.25, 0.3) is 0 Å². The van der Waals surface area contributed by atoms with Crippen molar-refractivity contribution in [3.05, 3.63) is 59.7 Å². The Morgan fingerprint density at radius 3 is 2.27 bits per heavy atom. The minimum absolute atomic E-state index is 0.000548. The molecule has 2 aromatic rings. The maximum atomic E-state index is 12.1. The van der Waals surface area contributed by atoms with Crippen LogP contribution in [0.1, 0.15) is 36.3 Å². The minimum atomic E-state index is -0.817. The zero-order chi connectivity index (χ0) is 23.2. The van der Waals surface area contributed by atoms with Gasteiger partial charge in [-0.05, 0) is 41.5 Å². The Labute approximate surface area is 192 Å². The van der Waals surface area contributed by atoms with Crippen molar-refractivity contribution in [1.29, 1.82) is 0 Å². The lowest BCUT2D eigenvalue weighted by atomic mass is 9.98. The Balaban J connectivity index is 1.13. The molecule has 0 radical (unpaired) electrons.